The summed E-state index contributed by atoms with van der Waals surface area (Å²) < 4.78 is 0. The molecule has 2 atom stereocenters. The molecule has 5 heteroatoms. The molecular weight excluding hydrogens is 264 g/mol. The molecule has 3 N–H and O–H groups in total. The summed E-state index contributed by atoms with van der Waals surface area (Å²) in [5.41, 5.74) is 1.43. The molecule has 0 radical (unpaired) electrons. The van der Waals surface area contributed by atoms with Crippen LogP contribution >= 0.6 is 0 Å². The fourth-order valence-electron chi connectivity index (χ4n) is 1.95. The number of terminal acetylenes is 1. The highest BCUT2D eigenvalue weighted by molar-refractivity contribution is 5.95. The lowest BCUT2D eigenvalue weighted by atomic mass is 10.2. The van der Waals surface area contributed by atoms with Crippen molar-refractivity contribution in [2.45, 2.75) is 19.4 Å². The molecule has 0 spiro atoms. The number of carbonyl (C=O) groups excluding carboxylic acids is 1. The van der Waals surface area contributed by atoms with Crippen molar-refractivity contribution in [1.82, 2.24) is 10.6 Å². The zero-order valence-electron chi connectivity index (χ0n) is 12.3. The first-order valence-corrected chi connectivity index (χ1v) is 6.96. The first kappa shape index (κ1) is 14.9. The van der Waals surface area contributed by atoms with Crippen LogP contribution in [0.15, 0.2) is 29.3 Å². The lowest BCUT2D eigenvalue weighted by Gasteiger charge is -2.11. The van der Waals surface area contributed by atoms with Gasteiger partial charge in [-0.25, -0.2) is 0 Å². The number of hydrogen-bond donors (Lipinski definition) is 3. The van der Waals surface area contributed by atoms with Crippen LogP contribution in [0.5, 0.6) is 0 Å². The molecule has 5 nitrogen and oxygen atoms in total. The number of anilines is 1. The molecule has 1 fully saturated rings. The zero-order chi connectivity index (χ0) is 15.2. The van der Waals surface area contributed by atoms with Gasteiger partial charge in [-0.15, -0.1) is 6.42 Å². The first-order valence-electron chi connectivity index (χ1n) is 6.96. The summed E-state index contributed by atoms with van der Waals surface area (Å²) in [6, 6.07) is 7.66. The zero-order valence-corrected chi connectivity index (χ0v) is 12.3. The summed E-state index contributed by atoms with van der Waals surface area (Å²) in [6.45, 7) is 2.33. The van der Waals surface area contributed by atoms with E-state index in [1.54, 1.807) is 19.2 Å². The van der Waals surface area contributed by atoms with E-state index in [0.717, 1.165) is 12.0 Å². The molecule has 1 saturated carbocycles. The van der Waals surface area contributed by atoms with Gasteiger partial charge in [0, 0.05) is 24.3 Å². The number of rotatable bonds is 4. The molecule has 110 valence electrons. The molecule has 2 unspecified atom stereocenters. The average molecular weight is 284 g/mol. The standard InChI is InChI=1S/C16H20N4O/c1-4-12-6-5-7-13(9-12)19-15(21)10-18-16(17-3)20-14-8-11(14)2/h1,5-7,9,11,14H,8,10H2,2-3H3,(H,19,21)(H2,17,18,20). The Morgan fingerprint density at radius 3 is 2.90 bits per heavy atom. The van der Waals surface area contributed by atoms with Gasteiger partial charge in [0.15, 0.2) is 5.96 Å². The van der Waals surface area contributed by atoms with Gasteiger partial charge in [0.1, 0.15) is 0 Å². The highest BCUT2D eigenvalue weighted by Gasteiger charge is 2.33. The van der Waals surface area contributed by atoms with Crippen LogP contribution in [0.2, 0.25) is 0 Å². The number of carbonyl (C=O) groups is 1. The van der Waals surface area contributed by atoms with Crippen LogP contribution in [0.1, 0.15) is 18.9 Å². The lowest BCUT2D eigenvalue weighted by molar-refractivity contribution is -0.115. The van der Waals surface area contributed by atoms with Crippen molar-refractivity contribution in [3.8, 4) is 12.3 Å². The summed E-state index contributed by atoms with van der Waals surface area (Å²) in [4.78, 5) is 16.0. The molecule has 0 aromatic heterocycles. The minimum absolute atomic E-state index is 0.143. The number of hydrogen-bond acceptors (Lipinski definition) is 2. The summed E-state index contributed by atoms with van der Waals surface area (Å²) in [6.07, 6.45) is 6.47. The maximum absolute atomic E-state index is 11.9. The van der Waals surface area contributed by atoms with Gasteiger partial charge in [-0.1, -0.05) is 18.9 Å². The summed E-state index contributed by atoms with van der Waals surface area (Å²) in [5, 5.41) is 9.05. The van der Waals surface area contributed by atoms with Crippen LogP contribution in [-0.4, -0.2) is 31.5 Å². The van der Waals surface area contributed by atoms with Crippen molar-refractivity contribution in [2.75, 3.05) is 18.9 Å². The molecule has 0 bridgehead atoms. The van der Waals surface area contributed by atoms with Crippen molar-refractivity contribution < 1.29 is 4.79 Å². The quantitative estimate of drug-likeness (QED) is 0.442. The van der Waals surface area contributed by atoms with Crippen LogP contribution in [0.25, 0.3) is 0 Å². The SMILES string of the molecule is C#Cc1cccc(NC(=O)CNC(=NC)NC2CC2C)c1. The van der Waals surface area contributed by atoms with E-state index in [-0.39, 0.29) is 12.5 Å². The molecule has 1 aliphatic carbocycles. The van der Waals surface area contributed by atoms with Crippen molar-refractivity contribution in [3.63, 3.8) is 0 Å². The number of nitrogens with one attached hydrogen (secondary N) is 3. The van der Waals surface area contributed by atoms with Gasteiger partial charge in [0.25, 0.3) is 0 Å². The molecule has 1 aromatic rings. The van der Waals surface area contributed by atoms with Crippen LogP contribution in [0, 0.1) is 18.3 Å². The number of benzene rings is 1. The van der Waals surface area contributed by atoms with Crippen LogP contribution in [0.4, 0.5) is 5.69 Å². The maximum atomic E-state index is 11.9. The molecule has 0 heterocycles. The molecular formula is C16H20N4O. The second-order valence-electron chi connectivity index (χ2n) is 5.16. The Kier molecular flexibility index (Phi) is 4.83. The number of amides is 1. The van der Waals surface area contributed by atoms with Crippen molar-refractivity contribution in [2.24, 2.45) is 10.9 Å². The van der Waals surface area contributed by atoms with Gasteiger partial charge in [-0.05, 0) is 30.5 Å². The Morgan fingerprint density at radius 1 is 1.52 bits per heavy atom. The third-order valence-electron chi connectivity index (χ3n) is 3.38. The first-order chi connectivity index (χ1) is 10.1. The van der Waals surface area contributed by atoms with Crippen molar-refractivity contribution >= 4 is 17.6 Å². The highest BCUT2D eigenvalue weighted by Crippen LogP contribution is 2.28. The van der Waals surface area contributed by atoms with E-state index in [1.807, 2.05) is 12.1 Å². The van der Waals surface area contributed by atoms with Gasteiger partial charge >= 0.3 is 0 Å². The van der Waals surface area contributed by atoms with Gasteiger partial charge in [0.2, 0.25) is 5.91 Å². The minimum atomic E-state index is -0.143. The van der Waals surface area contributed by atoms with Crippen LogP contribution in [0.3, 0.4) is 0 Å². The highest BCUT2D eigenvalue weighted by atomic mass is 16.1. The van der Waals surface area contributed by atoms with Crippen molar-refractivity contribution in [3.05, 3.63) is 29.8 Å². The van der Waals surface area contributed by atoms with E-state index < -0.39 is 0 Å². The monoisotopic (exact) mass is 284 g/mol. The predicted octanol–water partition coefficient (Wildman–Crippen LogP) is 1.18. The summed E-state index contributed by atoms with van der Waals surface area (Å²) in [7, 11) is 1.69. The van der Waals surface area contributed by atoms with E-state index >= 15 is 0 Å². The average Bonchev–Trinajstić information content (AvgIpc) is 3.18. The Bertz CT molecular complexity index is 588. The molecule has 21 heavy (non-hydrogen) atoms. The number of nitrogens with zero attached hydrogens (tertiary/aromatic N) is 1. The molecule has 1 amide bonds. The van der Waals surface area contributed by atoms with Gasteiger partial charge in [-0.2, -0.15) is 0 Å². The normalized spacial score (nSPS) is 20.3. The van der Waals surface area contributed by atoms with Crippen LogP contribution in [-0.2, 0) is 4.79 Å². The molecule has 0 saturated heterocycles. The van der Waals surface area contributed by atoms with E-state index in [1.165, 1.54) is 0 Å². The molecule has 2 rings (SSSR count). The fourth-order valence-corrected chi connectivity index (χ4v) is 1.95. The predicted molar refractivity (Wildman–Crippen MR) is 85.1 cm³/mol. The van der Waals surface area contributed by atoms with E-state index in [4.69, 9.17) is 6.42 Å². The Morgan fingerprint density at radius 2 is 2.29 bits per heavy atom. The van der Waals surface area contributed by atoms with Gasteiger partial charge < -0.3 is 16.0 Å². The Labute approximate surface area is 125 Å². The Hall–Kier alpha value is -2.48. The largest absolute Gasteiger partial charge is 0.353 e. The van der Waals surface area contributed by atoms with Gasteiger partial charge in [-0.3, -0.25) is 9.79 Å². The van der Waals surface area contributed by atoms with Gasteiger partial charge in [0.05, 0.1) is 6.54 Å². The van der Waals surface area contributed by atoms with E-state index in [9.17, 15) is 4.79 Å². The lowest BCUT2D eigenvalue weighted by Crippen LogP contribution is -2.42. The third kappa shape index (κ3) is 4.53. The third-order valence-corrected chi connectivity index (χ3v) is 3.38. The second-order valence-corrected chi connectivity index (χ2v) is 5.16. The van der Waals surface area contributed by atoms with Crippen molar-refractivity contribution in [1.29, 1.82) is 0 Å². The Balaban J connectivity index is 1.79. The van der Waals surface area contributed by atoms with E-state index in [0.29, 0.717) is 23.6 Å². The number of guanidine groups is 1. The topological polar surface area (TPSA) is 65.5 Å². The maximum Gasteiger partial charge on any atom is 0.243 e. The summed E-state index contributed by atoms with van der Waals surface area (Å²) >= 11 is 0. The smallest absolute Gasteiger partial charge is 0.243 e. The van der Waals surface area contributed by atoms with E-state index in [2.05, 4.69) is 33.8 Å². The molecule has 1 aromatic carbocycles. The van der Waals surface area contributed by atoms with Crippen LogP contribution < -0.4 is 16.0 Å². The molecule has 1 aliphatic rings. The minimum Gasteiger partial charge on any atom is -0.353 e. The second kappa shape index (κ2) is 6.80. The molecule has 0 aliphatic heterocycles. The summed E-state index contributed by atoms with van der Waals surface area (Å²) in [5.74, 6) is 3.71. The number of aliphatic imine (C=N–C) groups is 1. The fraction of sp³-hybridized carbons (Fsp3) is 0.375.